The van der Waals surface area contributed by atoms with Crippen molar-refractivity contribution in [1.29, 1.82) is 0 Å². The van der Waals surface area contributed by atoms with Gasteiger partial charge in [-0.25, -0.2) is 4.98 Å². The highest BCUT2D eigenvalue weighted by atomic mass is 19.1. The summed E-state index contributed by atoms with van der Waals surface area (Å²) in [5.74, 6) is -0.403. The minimum Gasteiger partial charge on any atom is -0.370 e. The van der Waals surface area contributed by atoms with Crippen LogP contribution in [0.2, 0.25) is 0 Å². The zero-order chi connectivity index (χ0) is 11.0. The number of hydrogen-bond donors (Lipinski definition) is 1. The van der Waals surface area contributed by atoms with E-state index in [9.17, 15) is 4.39 Å². The Labute approximate surface area is 94.7 Å². The zero-order valence-electron chi connectivity index (χ0n) is 9.25. The van der Waals surface area contributed by atoms with Gasteiger partial charge in [0.25, 0.3) is 0 Å². The standard InChI is InChI=1S/C12H16FN3/c13-11-2-1-10(7-15-11)16-6-4-12(9-16)3-5-14-8-12/h1-2,7,14H,3-6,8-9H2. The van der Waals surface area contributed by atoms with Crippen molar-refractivity contribution in [3.8, 4) is 0 Å². The van der Waals surface area contributed by atoms with E-state index in [1.807, 2.05) is 6.07 Å². The molecule has 16 heavy (non-hydrogen) atoms. The number of hydrogen-bond acceptors (Lipinski definition) is 3. The van der Waals surface area contributed by atoms with Crippen molar-refractivity contribution in [2.45, 2.75) is 12.8 Å². The van der Waals surface area contributed by atoms with E-state index in [0.717, 1.165) is 31.9 Å². The van der Waals surface area contributed by atoms with Gasteiger partial charge in [0.1, 0.15) is 0 Å². The van der Waals surface area contributed by atoms with Gasteiger partial charge in [0.05, 0.1) is 11.9 Å². The first-order valence-corrected chi connectivity index (χ1v) is 5.85. The third-order valence-corrected chi connectivity index (χ3v) is 3.85. The maximum atomic E-state index is 12.7. The lowest BCUT2D eigenvalue weighted by atomic mass is 9.86. The summed E-state index contributed by atoms with van der Waals surface area (Å²) >= 11 is 0. The molecule has 1 atom stereocenters. The monoisotopic (exact) mass is 221 g/mol. The SMILES string of the molecule is Fc1ccc(N2CCC3(CCNC3)C2)cn1. The molecule has 1 aromatic rings. The molecule has 3 heterocycles. The van der Waals surface area contributed by atoms with Crippen molar-refractivity contribution < 1.29 is 4.39 Å². The summed E-state index contributed by atoms with van der Waals surface area (Å²) in [7, 11) is 0. The lowest BCUT2D eigenvalue weighted by Gasteiger charge is -2.23. The Morgan fingerprint density at radius 3 is 3.00 bits per heavy atom. The molecule has 0 bridgehead atoms. The van der Waals surface area contributed by atoms with Crippen molar-refractivity contribution in [3.63, 3.8) is 0 Å². The molecule has 4 heteroatoms. The fourth-order valence-corrected chi connectivity index (χ4v) is 2.85. The van der Waals surface area contributed by atoms with Gasteiger partial charge in [-0.1, -0.05) is 0 Å². The molecular formula is C12H16FN3. The third-order valence-electron chi connectivity index (χ3n) is 3.85. The summed E-state index contributed by atoms with van der Waals surface area (Å²) in [5, 5.41) is 3.43. The maximum Gasteiger partial charge on any atom is 0.212 e. The van der Waals surface area contributed by atoms with E-state index in [4.69, 9.17) is 0 Å². The third kappa shape index (κ3) is 1.67. The largest absolute Gasteiger partial charge is 0.370 e. The quantitative estimate of drug-likeness (QED) is 0.727. The van der Waals surface area contributed by atoms with Gasteiger partial charge in [0.15, 0.2) is 0 Å². The second-order valence-electron chi connectivity index (χ2n) is 4.94. The van der Waals surface area contributed by atoms with Crippen LogP contribution in [0, 0.1) is 11.4 Å². The normalized spacial score (nSPS) is 29.2. The number of pyridine rings is 1. The van der Waals surface area contributed by atoms with Gasteiger partial charge in [-0.15, -0.1) is 0 Å². The molecule has 0 aromatic carbocycles. The summed E-state index contributed by atoms with van der Waals surface area (Å²) in [6, 6.07) is 3.26. The number of rotatable bonds is 1. The Morgan fingerprint density at radius 1 is 1.38 bits per heavy atom. The molecule has 2 fully saturated rings. The molecule has 0 radical (unpaired) electrons. The van der Waals surface area contributed by atoms with Crippen molar-refractivity contribution in [2.75, 3.05) is 31.1 Å². The van der Waals surface area contributed by atoms with Crippen molar-refractivity contribution in [1.82, 2.24) is 10.3 Å². The van der Waals surface area contributed by atoms with Gasteiger partial charge in [-0.2, -0.15) is 4.39 Å². The van der Waals surface area contributed by atoms with Gasteiger partial charge >= 0.3 is 0 Å². The van der Waals surface area contributed by atoms with Crippen LogP contribution in [0.1, 0.15) is 12.8 Å². The van der Waals surface area contributed by atoms with Crippen molar-refractivity contribution in [2.24, 2.45) is 5.41 Å². The first-order chi connectivity index (χ1) is 7.77. The first kappa shape index (κ1) is 10.0. The van der Waals surface area contributed by atoms with E-state index >= 15 is 0 Å². The minimum absolute atomic E-state index is 0.403. The van der Waals surface area contributed by atoms with Gasteiger partial charge in [0.2, 0.25) is 5.95 Å². The summed E-state index contributed by atoms with van der Waals surface area (Å²) in [4.78, 5) is 6.03. The van der Waals surface area contributed by atoms with Crippen LogP contribution in [-0.4, -0.2) is 31.2 Å². The molecule has 1 N–H and O–H groups in total. The summed E-state index contributed by atoms with van der Waals surface area (Å²) < 4.78 is 12.7. The van der Waals surface area contributed by atoms with Gasteiger partial charge in [-0.3, -0.25) is 0 Å². The molecule has 1 unspecified atom stereocenters. The second kappa shape index (κ2) is 3.70. The van der Waals surface area contributed by atoms with Crippen LogP contribution in [0.4, 0.5) is 10.1 Å². The molecule has 2 aliphatic rings. The Hall–Kier alpha value is -1.16. The van der Waals surface area contributed by atoms with Crippen LogP contribution in [0.5, 0.6) is 0 Å². The molecule has 3 rings (SSSR count). The smallest absolute Gasteiger partial charge is 0.212 e. The van der Waals surface area contributed by atoms with E-state index in [1.54, 1.807) is 6.20 Å². The average Bonchev–Trinajstić information content (AvgIpc) is 2.91. The Morgan fingerprint density at radius 2 is 2.31 bits per heavy atom. The van der Waals surface area contributed by atoms with Crippen LogP contribution in [0.25, 0.3) is 0 Å². The van der Waals surface area contributed by atoms with Crippen molar-refractivity contribution >= 4 is 5.69 Å². The molecule has 1 spiro atoms. The fourth-order valence-electron chi connectivity index (χ4n) is 2.85. The molecule has 0 amide bonds. The van der Waals surface area contributed by atoms with Crippen LogP contribution in [-0.2, 0) is 0 Å². The molecule has 2 saturated heterocycles. The highest BCUT2D eigenvalue weighted by molar-refractivity contribution is 5.45. The Balaban J connectivity index is 1.75. The topological polar surface area (TPSA) is 28.2 Å². The molecule has 0 saturated carbocycles. The van der Waals surface area contributed by atoms with Gasteiger partial charge in [0, 0.05) is 25.0 Å². The molecule has 1 aromatic heterocycles. The lowest BCUT2D eigenvalue weighted by Crippen LogP contribution is -2.29. The van der Waals surface area contributed by atoms with E-state index in [-0.39, 0.29) is 0 Å². The lowest BCUT2D eigenvalue weighted by molar-refractivity contribution is 0.369. The van der Waals surface area contributed by atoms with Crippen LogP contribution >= 0.6 is 0 Å². The van der Waals surface area contributed by atoms with Crippen molar-refractivity contribution in [3.05, 3.63) is 24.3 Å². The number of nitrogens with zero attached hydrogens (tertiary/aromatic N) is 2. The molecule has 2 aliphatic heterocycles. The van der Waals surface area contributed by atoms with Crippen LogP contribution in [0.15, 0.2) is 18.3 Å². The molecule has 86 valence electrons. The van der Waals surface area contributed by atoms with Gasteiger partial charge < -0.3 is 10.2 Å². The van der Waals surface area contributed by atoms with E-state index in [2.05, 4.69) is 15.2 Å². The molecule has 0 aliphatic carbocycles. The van der Waals surface area contributed by atoms with Gasteiger partial charge in [-0.05, 0) is 31.5 Å². The minimum atomic E-state index is -0.403. The Kier molecular flexibility index (Phi) is 2.32. The number of aromatic nitrogens is 1. The Bertz CT molecular complexity index is 370. The summed E-state index contributed by atoms with van der Waals surface area (Å²) in [6.45, 7) is 4.40. The maximum absolute atomic E-state index is 12.7. The number of halogens is 1. The summed E-state index contributed by atoms with van der Waals surface area (Å²) in [6.07, 6.45) is 4.13. The fraction of sp³-hybridized carbons (Fsp3) is 0.583. The molecule has 3 nitrogen and oxygen atoms in total. The average molecular weight is 221 g/mol. The highest BCUT2D eigenvalue weighted by Gasteiger charge is 2.40. The second-order valence-corrected chi connectivity index (χ2v) is 4.94. The number of nitrogens with one attached hydrogen (secondary N) is 1. The van der Waals surface area contributed by atoms with Crippen LogP contribution in [0.3, 0.4) is 0 Å². The predicted octanol–water partition coefficient (Wildman–Crippen LogP) is 1.41. The van der Waals surface area contributed by atoms with Crippen LogP contribution < -0.4 is 10.2 Å². The van der Waals surface area contributed by atoms with E-state index < -0.39 is 5.95 Å². The van der Waals surface area contributed by atoms with E-state index in [0.29, 0.717) is 5.41 Å². The molecular weight excluding hydrogens is 205 g/mol. The highest BCUT2D eigenvalue weighted by Crippen LogP contribution is 2.37. The first-order valence-electron chi connectivity index (χ1n) is 5.85. The zero-order valence-corrected chi connectivity index (χ0v) is 9.25. The predicted molar refractivity (Wildman–Crippen MR) is 60.9 cm³/mol. The summed E-state index contributed by atoms with van der Waals surface area (Å²) in [5.41, 5.74) is 1.50. The number of anilines is 1. The van der Waals surface area contributed by atoms with E-state index in [1.165, 1.54) is 18.9 Å².